The van der Waals surface area contributed by atoms with Crippen molar-refractivity contribution < 1.29 is 14.3 Å². The first-order chi connectivity index (χ1) is 10.2. The summed E-state index contributed by atoms with van der Waals surface area (Å²) in [7, 11) is 2.15. The summed E-state index contributed by atoms with van der Waals surface area (Å²) in [4.78, 5) is 16.8. The predicted octanol–water partition coefficient (Wildman–Crippen LogP) is 1.25. The molecule has 0 spiro atoms. The number of carbonyl (C=O) groups excluding carboxylic acids is 1. The van der Waals surface area contributed by atoms with Gasteiger partial charge < -0.3 is 19.3 Å². The summed E-state index contributed by atoms with van der Waals surface area (Å²) in [6.45, 7) is 4.84. The normalized spacial score (nSPS) is 26.5. The van der Waals surface area contributed by atoms with Gasteiger partial charge in [0.1, 0.15) is 0 Å². The van der Waals surface area contributed by atoms with Gasteiger partial charge in [0, 0.05) is 26.2 Å². The van der Waals surface area contributed by atoms with Gasteiger partial charge in [0.2, 0.25) is 0 Å². The van der Waals surface area contributed by atoms with Gasteiger partial charge in [-0.15, -0.1) is 0 Å². The van der Waals surface area contributed by atoms with Gasteiger partial charge in [0.15, 0.2) is 0 Å². The van der Waals surface area contributed by atoms with Gasteiger partial charge in [0.05, 0.1) is 31.2 Å². The molecule has 1 saturated heterocycles. The number of amides is 1. The zero-order valence-electron chi connectivity index (χ0n) is 12.9. The average molecular weight is 294 g/mol. The van der Waals surface area contributed by atoms with E-state index in [-0.39, 0.29) is 12.0 Å². The van der Waals surface area contributed by atoms with Gasteiger partial charge in [-0.25, -0.2) is 0 Å². The first kappa shape index (κ1) is 14.9. The Morgan fingerprint density at radius 3 is 2.95 bits per heavy atom. The Hall–Kier alpha value is -1.07. The van der Waals surface area contributed by atoms with Crippen molar-refractivity contribution in [3.63, 3.8) is 0 Å². The van der Waals surface area contributed by atoms with Crippen molar-refractivity contribution in [2.75, 3.05) is 46.4 Å². The molecule has 1 unspecified atom stereocenters. The summed E-state index contributed by atoms with van der Waals surface area (Å²) in [5, 5.41) is 0. The number of likely N-dealkylation sites (N-methyl/N-ethyl adjacent to an activating group) is 1. The van der Waals surface area contributed by atoms with Crippen LogP contribution in [0.5, 0.6) is 0 Å². The van der Waals surface area contributed by atoms with Crippen LogP contribution in [0.25, 0.3) is 0 Å². The maximum atomic E-state index is 12.5. The predicted molar refractivity (Wildman–Crippen MR) is 79.8 cm³/mol. The minimum atomic E-state index is 0.132. The highest BCUT2D eigenvalue weighted by atomic mass is 16.5. The van der Waals surface area contributed by atoms with Gasteiger partial charge in [-0.3, -0.25) is 4.79 Å². The van der Waals surface area contributed by atoms with E-state index in [4.69, 9.17) is 9.47 Å². The molecule has 0 aromatic carbocycles. The maximum absolute atomic E-state index is 12.5. The second-order valence-corrected chi connectivity index (χ2v) is 6.53. The minimum Gasteiger partial charge on any atom is -0.501 e. The summed E-state index contributed by atoms with van der Waals surface area (Å²) in [5.74, 6) is 1.02. The number of nitrogens with zero attached hydrogens (tertiary/aromatic N) is 2. The summed E-state index contributed by atoms with van der Waals surface area (Å²) in [6.07, 6.45) is 6.30. The lowest BCUT2D eigenvalue weighted by molar-refractivity contribution is -0.135. The molecule has 5 nitrogen and oxygen atoms in total. The van der Waals surface area contributed by atoms with E-state index >= 15 is 0 Å². The fourth-order valence-electron chi connectivity index (χ4n) is 3.10. The number of rotatable bonds is 5. The molecule has 3 rings (SSSR count). The standard InChI is InChI=1S/C16H26N2O3/c1-17(9-13-4-5-13)10-15-11-18(6-8-21-15)16(19)14-3-2-7-20-12-14/h12-13,15H,2-11H2,1H3. The van der Waals surface area contributed by atoms with Crippen LogP contribution in [0.15, 0.2) is 11.8 Å². The van der Waals surface area contributed by atoms with Crippen LogP contribution < -0.4 is 0 Å². The average Bonchev–Trinajstić information content (AvgIpc) is 3.31. The highest BCUT2D eigenvalue weighted by molar-refractivity contribution is 5.93. The van der Waals surface area contributed by atoms with Crippen LogP contribution in [0.4, 0.5) is 0 Å². The molecule has 0 radical (unpaired) electrons. The first-order valence-corrected chi connectivity index (χ1v) is 8.12. The van der Waals surface area contributed by atoms with Crippen LogP contribution in [0.1, 0.15) is 25.7 Å². The Bertz CT molecular complexity index is 406. The molecule has 0 N–H and O–H groups in total. The number of carbonyl (C=O) groups is 1. The molecule has 0 bridgehead atoms. The molecule has 0 aromatic rings. The topological polar surface area (TPSA) is 42.0 Å². The first-order valence-electron chi connectivity index (χ1n) is 8.12. The van der Waals surface area contributed by atoms with Gasteiger partial charge in [0.25, 0.3) is 5.91 Å². The Kier molecular flexibility index (Phi) is 4.80. The second-order valence-electron chi connectivity index (χ2n) is 6.53. The molecule has 118 valence electrons. The highest BCUT2D eigenvalue weighted by Gasteiger charge is 2.29. The zero-order valence-corrected chi connectivity index (χ0v) is 12.9. The molecule has 1 amide bonds. The summed E-state index contributed by atoms with van der Waals surface area (Å²) >= 11 is 0. The van der Waals surface area contributed by atoms with E-state index in [9.17, 15) is 4.79 Å². The maximum Gasteiger partial charge on any atom is 0.253 e. The highest BCUT2D eigenvalue weighted by Crippen LogP contribution is 2.29. The van der Waals surface area contributed by atoms with Crippen LogP contribution >= 0.6 is 0 Å². The van der Waals surface area contributed by atoms with E-state index in [2.05, 4.69) is 11.9 Å². The molecule has 2 fully saturated rings. The van der Waals surface area contributed by atoms with Crippen molar-refractivity contribution >= 4 is 5.91 Å². The number of morpholine rings is 1. The molecular formula is C16H26N2O3. The molecule has 5 heteroatoms. The summed E-state index contributed by atoms with van der Waals surface area (Å²) < 4.78 is 11.1. The number of hydrogen-bond acceptors (Lipinski definition) is 4. The molecule has 3 aliphatic rings. The van der Waals surface area contributed by atoms with E-state index in [0.29, 0.717) is 19.7 Å². The Labute approximate surface area is 126 Å². The van der Waals surface area contributed by atoms with E-state index in [1.165, 1.54) is 12.8 Å². The lowest BCUT2D eigenvalue weighted by atomic mass is 10.1. The van der Waals surface area contributed by atoms with Crippen molar-refractivity contribution in [2.45, 2.75) is 31.8 Å². The second kappa shape index (κ2) is 6.79. The van der Waals surface area contributed by atoms with E-state index in [0.717, 1.165) is 44.0 Å². The molecule has 21 heavy (non-hydrogen) atoms. The third kappa shape index (κ3) is 4.20. The molecule has 2 aliphatic heterocycles. The van der Waals surface area contributed by atoms with Crippen molar-refractivity contribution in [3.05, 3.63) is 11.8 Å². The Morgan fingerprint density at radius 1 is 1.38 bits per heavy atom. The van der Waals surface area contributed by atoms with Crippen LogP contribution in [0, 0.1) is 5.92 Å². The third-order valence-corrected chi connectivity index (χ3v) is 4.42. The van der Waals surface area contributed by atoms with E-state index in [1.54, 1.807) is 6.26 Å². The molecule has 2 heterocycles. The van der Waals surface area contributed by atoms with Crippen LogP contribution in [-0.2, 0) is 14.3 Å². The molecule has 1 atom stereocenters. The largest absolute Gasteiger partial charge is 0.501 e. The Balaban J connectivity index is 1.49. The number of ether oxygens (including phenoxy) is 2. The van der Waals surface area contributed by atoms with Gasteiger partial charge >= 0.3 is 0 Å². The third-order valence-electron chi connectivity index (χ3n) is 4.42. The quantitative estimate of drug-likeness (QED) is 0.765. The number of hydrogen-bond donors (Lipinski definition) is 0. The lowest BCUT2D eigenvalue weighted by Crippen LogP contribution is -2.49. The summed E-state index contributed by atoms with van der Waals surface area (Å²) in [5.41, 5.74) is 0.813. The lowest BCUT2D eigenvalue weighted by Gasteiger charge is -2.35. The van der Waals surface area contributed by atoms with E-state index in [1.807, 2.05) is 4.90 Å². The van der Waals surface area contributed by atoms with E-state index < -0.39 is 0 Å². The van der Waals surface area contributed by atoms with Gasteiger partial charge in [-0.05, 0) is 38.6 Å². The fourth-order valence-corrected chi connectivity index (χ4v) is 3.10. The molecular weight excluding hydrogens is 268 g/mol. The van der Waals surface area contributed by atoms with Crippen molar-refractivity contribution in [3.8, 4) is 0 Å². The molecule has 1 saturated carbocycles. The zero-order chi connectivity index (χ0) is 14.7. The molecule has 1 aliphatic carbocycles. The molecule has 0 aromatic heterocycles. The smallest absolute Gasteiger partial charge is 0.253 e. The van der Waals surface area contributed by atoms with Gasteiger partial charge in [-0.1, -0.05) is 0 Å². The van der Waals surface area contributed by atoms with Crippen molar-refractivity contribution in [2.24, 2.45) is 5.92 Å². The van der Waals surface area contributed by atoms with Crippen LogP contribution in [-0.4, -0.2) is 68.3 Å². The van der Waals surface area contributed by atoms with Gasteiger partial charge in [-0.2, -0.15) is 0 Å². The monoisotopic (exact) mass is 294 g/mol. The summed E-state index contributed by atoms with van der Waals surface area (Å²) in [6, 6.07) is 0. The Morgan fingerprint density at radius 2 is 2.24 bits per heavy atom. The minimum absolute atomic E-state index is 0.132. The van der Waals surface area contributed by atoms with Crippen LogP contribution in [0.3, 0.4) is 0 Å². The fraction of sp³-hybridized carbons (Fsp3) is 0.812. The van der Waals surface area contributed by atoms with Crippen molar-refractivity contribution in [1.29, 1.82) is 0 Å². The van der Waals surface area contributed by atoms with Crippen molar-refractivity contribution in [1.82, 2.24) is 9.80 Å². The SMILES string of the molecule is CN(CC1CC1)CC1CN(C(=O)C2=COCCC2)CCO1. The van der Waals surface area contributed by atoms with Crippen LogP contribution in [0.2, 0.25) is 0 Å².